The van der Waals surface area contributed by atoms with Crippen molar-refractivity contribution >= 4 is 23.1 Å². The third-order valence-electron chi connectivity index (χ3n) is 4.12. The summed E-state index contributed by atoms with van der Waals surface area (Å²) >= 11 is 0. The number of carbonyl (C=O) groups is 1. The van der Waals surface area contributed by atoms with Crippen LogP contribution in [0.4, 0.5) is 6.01 Å². The number of nitrogens with zero attached hydrogens (tertiary/aromatic N) is 2. The van der Waals surface area contributed by atoms with Gasteiger partial charge in [-0.3, -0.25) is 0 Å². The Morgan fingerprint density at radius 2 is 2.33 bits per heavy atom. The number of hydrogen-bond donors (Lipinski definition) is 1. The summed E-state index contributed by atoms with van der Waals surface area (Å²) < 4.78 is 5.83. The van der Waals surface area contributed by atoms with E-state index in [1.54, 1.807) is 18.2 Å². The van der Waals surface area contributed by atoms with Crippen molar-refractivity contribution in [2.24, 2.45) is 0 Å². The van der Waals surface area contributed by atoms with Crippen LogP contribution in [0.2, 0.25) is 0 Å². The largest absolute Gasteiger partial charge is 0.478 e. The lowest BCUT2D eigenvalue weighted by Gasteiger charge is -2.34. The minimum Gasteiger partial charge on any atom is -0.478 e. The molecule has 3 rings (SSSR count). The number of benzene rings is 1. The number of oxazole rings is 1. The van der Waals surface area contributed by atoms with Gasteiger partial charge >= 0.3 is 5.97 Å². The zero-order valence-corrected chi connectivity index (χ0v) is 12.2. The quantitative estimate of drug-likeness (QED) is 0.929. The van der Waals surface area contributed by atoms with Gasteiger partial charge in [0.15, 0.2) is 5.58 Å². The number of carboxylic acid groups (broad SMARTS) is 1. The fourth-order valence-electron chi connectivity index (χ4n) is 3.05. The average molecular weight is 288 g/mol. The van der Waals surface area contributed by atoms with Crippen LogP contribution in [-0.4, -0.2) is 28.6 Å². The van der Waals surface area contributed by atoms with Gasteiger partial charge in [0.2, 0.25) is 0 Å². The molecule has 2 aromatic rings. The van der Waals surface area contributed by atoms with E-state index in [0.717, 1.165) is 31.3 Å². The zero-order chi connectivity index (χ0) is 14.8. The fourth-order valence-corrected chi connectivity index (χ4v) is 3.05. The van der Waals surface area contributed by atoms with Crippen LogP contribution in [0.5, 0.6) is 0 Å². The molecule has 1 aromatic heterocycles. The van der Waals surface area contributed by atoms with Crippen LogP contribution in [0.15, 0.2) is 22.6 Å². The lowest BCUT2D eigenvalue weighted by molar-refractivity contribution is 0.0697. The number of anilines is 1. The monoisotopic (exact) mass is 288 g/mol. The first kappa shape index (κ1) is 13.9. The Bertz CT molecular complexity index is 648. The summed E-state index contributed by atoms with van der Waals surface area (Å²) in [5.74, 6) is -0.948. The molecule has 5 heteroatoms. The SMILES string of the molecule is CCCC1CCCCN1c1nc2ccc(C(=O)O)cc2o1. The number of carboxylic acids is 1. The maximum atomic E-state index is 11.0. The van der Waals surface area contributed by atoms with E-state index < -0.39 is 5.97 Å². The first-order valence-corrected chi connectivity index (χ1v) is 7.59. The van der Waals surface area contributed by atoms with Crippen molar-refractivity contribution in [1.29, 1.82) is 0 Å². The summed E-state index contributed by atoms with van der Waals surface area (Å²) in [7, 11) is 0. The summed E-state index contributed by atoms with van der Waals surface area (Å²) in [5.41, 5.74) is 1.50. The van der Waals surface area contributed by atoms with Crippen molar-refractivity contribution in [3.05, 3.63) is 23.8 Å². The van der Waals surface area contributed by atoms with E-state index in [1.807, 2.05) is 0 Å². The number of fused-ring (bicyclic) bond motifs is 1. The van der Waals surface area contributed by atoms with E-state index in [9.17, 15) is 4.79 Å². The van der Waals surface area contributed by atoms with Crippen LogP contribution in [-0.2, 0) is 0 Å². The highest BCUT2D eigenvalue weighted by molar-refractivity contribution is 5.92. The zero-order valence-electron chi connectivity index (χ0n) is 12.2. The standard InChI is InChI=1S/C16H20N2O3/c1-2-5-12-6-3-4-9-18(12)16-17-13-8-7-11(15(19)20)10-14(13)21-16/h7-8,10,12H,2-6,9H2,1H3,(H,19,20). The first-order valence-electron chi connectivity index (χ1n) is 7.59. The van der Waals surface area contributed by atoms with E-state index in [2.05, 4.69) is 16.8 Å². The Balaban J connectivity index is 1.93. The minimum absolute atomic E-state index is 0.231. The number of rotatable bonds is 4. The number of piperidine rings is 1. The number of hydrogen-bond acceptors (Lipinski definition) is 4. The molecule has 2 heterocycles. The van der Waals surface area contributed by atoms with Crippen molar-refractivity contribution in [2.75, 3.05) is 11.4 Å². The van der Waals surface area contributed by atoms with Gasteiger partial charge in [-0.1, -0.05) is 13.3 Å². The third-order valence-corrected chi connectivity index (χ3v) is 4.12. The highest BCUT2D eigenvalue weighted by atomic mass is 16.4. The second-order valence-corrected chi connectivity index (χ2v) is 5.62. The molecule has 1 unspecified atom stereocenters. The van der Waals surface area contributed by atoms with Crippen molar-refractivity contribution < 1.29 is 14.3 Å². The summed E-state index contributed by atoms with van der Waals surface area (Å²) in [4.78, 5) is 17.8. The van der Waals surface area contributed by atoms with E-state index in [0.29, 0.717) is 17.6 Å². The van der Waals surface area contributed by atoms with Crippen LogP contribution in [0, 0.1) is 0 Å². The van der Waals surface area contributed by atoms with Gasteiger partial charge in [0, 0.05) is 12.6 Å². The van der Waals surface area contributed by atoms with Crippen molar-refractivity contribution in [3.8, 4) is 0 Å². The highest BCUT2D eigenvalue weighted by Gasteiger charge is 2.25. The average Bonchev–Trinajstić information content (AvgIpc) is 2.90. The molecule has 0 spiro atoms. The van der Waals surface area contributed by atoms with Gasteiger partial charge in [-0.2, -0.15) is 4.98 Å². The Hall–Kier alpha value is -2.04. The van der Waals surface area contributed by atoms with Crippen LogP contribution in [0.1, 0.15) is 49.4 Å². The predicted molar refractivity (Wildman–Crippen MR) is 80.9 cm³/mol. The van der Waals surface area contributed by atoms with Gasteiger partial charge in [-0.25, -0.2) is 4.79 Å². The Kier molecular flexibility index (Phi) is 3.82. The smallest absolute Gasteiger partial charge is 0.335 e. The van der Waals surface area contributed by atoms with Crippen molar-refractivity contribution in [3.63, 3.8) is 0 Å². The molecule has 1 saturated heterocycles. The van der Waals surface area contributed by atoms with E-state index in [1.165, 1.54) is 12.8 Å². The molecule has 5 nitrogen and oxygen atoms in total. The van der Waals surface area contributed by atoms with Crippen molar-refractivity contribution in [2.45, 2.75) is 45.1 Å². The van der Waals surface area contributed by atoms with Gasteiger partial charge in [-0.05, 0) is 43.9 Å². The third kappa shape index (κ3) is 2.73. The van der Waals surface area contributed by atoms with Gasteiger partial charge in [-0.15, -0.1) is 0 Å². The summed E-state index contributed by atoms with van der Waals surface area (Å²) in [6, 6.07) is 5.94. The normalized spacial score (nSPS) is 19.1. The second-order valence-electron chi connectivity index (χ2n) is 5.62. The molecule has 0 radical (unpaired) electrons. The summed E-state index contributed by atoms with van der Waals surface area (Å²) in [6.07, 6.45) is 5.86. The minimum atomic E-state index is -0.948. The topological polar surface area (TPSA) is 66.6 Å². The highest BCUT2D eigenvalue weighted by Crippen LogP contribution is 2.29. The van der Waals surface area contributed by atoms with E-state index in [4.69, 9.17) is 9.52 Å². The molecule has 1 fully saturated rings. The number of aromatic carboxylic acids is 1. The molecular formula is C16H20N2O3. The van der Waals surface area contributed by atoms with Gasteiger partial charge in [0.25, 0.3) is 6.01 Å². The Labute approximate surface area is 123 Å². The maximum Gasteiger partial charge on any atom is 0.335 e. The molecule has 0 aliphatic carbocycles. The Morgan fingerprint density at radius 3 is 3.10 bits per heavy atom. The molecular weight excluding hydrogens is 268 g/mol. The van der Waals surface area contributed by atoms with Crippen LogP contribution < -0.4 is 4.90 Å². The molecule has 1 aliphatic heterocycles. The summed E-state index contributed by atoms with van der Waals surface area (Å²) in [5, 5.41) is 9.04. The molecule has 112 valence electrons. The molecule has 1 atom stereocenters. The molecule has 0 saturated carbocycles. The van der Waals surface area contributed by atoms with Gasteiger partial charge in [0.05, 0.1) is 5.56 Å². The van der Waals surface area contributed by atoms with E-state index in [-0.39, 0.29) is 5.56 Å². The molecule has 21 heavy (non-hydrogen) atoms. The van der Waals surface area contributed by atoms with Gasteiger partial charge < -0.3 is 14.4 Å². The number of aromatic nitrogens is 1. The molecule has 1 N–H and O–H groups in total. The Morgan fingerprint density at radius 1 is 1.48 bits per heavy atom. The van der Waals surface area contributed by atoms with E-state index >= 15 is 0 Å². The molecule has 1 aliphatic rings. The predicted octanol–water partition coefficient (Wildman–Crippen LogP) is 3.69. The van der Waals surface area contributed by atoms with Gasteiger partial charge in [0.1, 0.15) is 5.52 Å². The maximum absolute atomic E-state index is 11.0. The first-order chi connectivity index (χ1) is 10.2. The van der Waals surface area contributed by atoms with Crippen LogP contribution in [0.25, 0.3) is 11.1 Å². The molecule has 0 amide bonds. The molecule has 0 bridgehead atoms. The van der Waals surface area contributed by atoms with Crippen LogP contribution >= 0.6 is 0 Å². The lowest BCUT2D eigenvalue weighted by Crippen LogP contribution is -2.39. The second kappa shape index (κ2) is 5.76. The lowest BCUT2D eigenvalue weighted by atomic mass is 9.99. The summed E-state index contributed by atoms with van der Waals surface area (Å²) in [6.45, 7) is 3.15. The van der Waals surface area contributed by atoms with Crippen LogP contribution in [0.3, 0.4) is 0 Å². The molecule has 1 aromatic carbocycles. The van der Waals surface area contributed by atoms with Crippen molar-refractivity contribution in [1.82, 2.24) is 4.98 Å². The fraction of sp³-hybridized carbons (Fsp3) is 0.500.